The molecule has 0 aliphatic carbocycles. The minimum Gasteiger partial charge on any atom is -0.417 e. The third-order valence-corrected chi connectivity index (χ3v) is 1.05. The quantitative estimate of drug-likeness (QED) is 0.683. The SMILES string of the molecule is Cn1cccc1[C-]=O.[CH3-].[U+2]. The van der Waals surface area contributed by atoms with Gasteiger partial charge in [0.05, 0.1) is 0 Å². The van der Waals surface area contributed by atoms with Gasteiger partial charge >= 0.3 is 31.1 Å². The minimum absolute atomic E-state index is 0. The van der Waals surface area contributed by atoms with E-state index in [9.17, 15) is 4.79 Å². The van der Waals surface area contributed by atoms with Gasteiger partial charge in [-0.25, -0.2) is 0 Å². The molecule has 0 saturated carbocycles. The van der Waals surface area contributed by atoms with Crippen molar-refractivity contribution in [3.8, 4) is 0 Å². The van der Waals surface area contributed by atoms with Gasteiger partial charge < -0.3 is 16.8 Å². The second-order valence-corrected chi connectivity index (χ2v) is 1.61. The second kappa shape index (κ2) is 5.76. The molecule has 0 amide bonds. The van der Waals surface area contributed by atoms with Crippen molar-refractivity contribution in [1.29, 1.82) is 0 Å². The number of aromatic nitrogens is 1. The monoisotopic (exact) mass is 361 g/mol. The van der Waals surface area contributed by atoms with Crippen molar-refractivity contribution in [3.05, 3.63) is 31.5 Å². The van der Waals surface area contributed by atoms with Crippen molar-refractivity contribution >= 4 is 6.29 Å². The third-order valence-electron chi connectivity index (χ3n) is 1.05. The van der Waals surface area contributed by atoms with Crippen LogP contribution in [0.5, 0.6) is 0 Å². The minimum atomic E-state index is 0. The van der Waals surface area contributed by atoms with Crippen molar-refractivity contribution in [2.45, 2.75) is 0 Å². The van der Waals surface area contributed by atoms with E-state index in [4.69, 9.17) is 0 Å². The maximum absolute atomic E-state index is 9.94. The molecule has 10 heavy (non-hydrogen) atoms. The molecule has 1 aromatic rings. The summed E-state index contributed by atoms with van der Waals surface area (Å²) in [5.74, 6) is 0. The average molecular weight is 361 g/mol. The molecular weight excluding hydrogens is 352 g/mol. The van der Waals surface area contributed by atoms with Gasteiger partial charge in [-0.15, -0.1) is 6.07 Å². The molecule has 0 aliphatic heterocycles. The summed E-state index contributed by atoms with van der Waals surface area (Å²) in [6, 6.07) is 3.52. The fourth-order valence-corrected chi connectivity index (χ4v) is 0.567. The predicted molar refractivity (Wildman–Crippen MR) is 36.6 cm³/mol. The van der Waals surface area contributed by atoms with Crippen molar-refractivity contribution in [3.63, 3.8) is 0 Å². The van der Waals surface area contributed by atoms with E-state index >= 15 is 0 Å². The fourth-order valence-electron chi connectivity index (χ4n) is 0.567. The zero-order chi connectivity index (χ0) is 5.98. The van der Waals surface area contributed by atoms with Crippen LogP contribution in [0.1, 0.15) is 5.69 Å². The fraction of sp³-hybridized carbons (Fsp3) is 0.143. The van der Waals surface area contributed by atoms with E-state index < -0.39 is 0 Å². The summed E-state index contributed by atoms with van der Waals surface area (Å²) in [6.45, 7) is 0. The van der Waals surface area contributed by atoms with Crippen LogP contribution in [0.25, 0.3) is 0 Å². The van der Waals surface area contributed by atoms with Crippen molar-refractivity contribution in [2.24, 2.45) is 7.05 Å². The van der Waals surface area contributed by atoms with Crippen molar-refractivity contribution in [1.82, 2.24) is 4.57 Å². The van der Waals surface area contributed by atoms with Gasteiger partial charge in [0.25, 0.3) is 0 Å². The predicted octanol–water partition coefficient (Wildman–Crippen LogP) is 0.933. The van der Waals surface area contributed by atoms with Gasteiger partial charge in [0.1, 0.15) is 0 Å². The van der Waals surface area contributed by atoms with Gasteiger partial charge in [-0.1, -0.05) is 5.69 Å². The number of carbonyl (C=O) groups excluding carboxylic acids is 1. The van der Waals surface area contributed by atoms with Gasteiger partial charge in [-0.05, 0) is 6.20 Å². The Bertz CT molecular complexity index is 195. The van der Waals surface area contributed by atoms with Crippen LogP contribution in [0.15, 0.2) is 18.3 Å². The van der Waals surface area contributed by atoms with E-state index in [1.165, 1.54) is 0 Å². The molecule has 1 heterocycles. The number of aryl methyl sites for hydroxylation is 1. The van der Waals surface area contributed by atoms with Gasteiger partial charge in [0.2, 0.25) is 0 Å². The number of nitrogens with zero attached hydrogens (tertiary/aromatic N) is 1. The van der Waals surface area contributed by atoms with Crippen LogP contribution in [-0.4, -0.2) is 10.9 Å². The standard InChI is InChI=1S/C6H6NO.CH3.U/c1-7-4-2-3-6(7)5-8;;/h2-4H,1H3;1H3;/q2*-1;+2. The molecule has 0 radical (unpaired) electrons. The molecule has 1 rings (SSSR count). The summed E-state index contributed by atoms with van der Waals surface area (Å²) in [5.41, 5.74) is 0.588. The van der Waals surface area contributed by atoms with Crippen LogP contribution in [0.2, 0.25) is 0 Å². The van der Waals surface area contributed by atoms with Gasteiger partial charge in [0.15, 0.2) is 0 Å². The van der Waals surface area contributed by atoms with E-state index in [2.05, 4.69) is 0 Å². The van der Waals surface area contributed by atoms with Crippen LogP contribution < -0.4 is 0 Å². The summed E-state index contributed by atoms with van der Waals surface area (Å²) < 4.78 is 1.72. The Labute approximate surface area is 85.0 Å². The van der Waals surface area contributed by atoms with Crippen LogP contribution >= 0.6 is 0 Å². The van der Waals surface area contributed by atoms with E-state index in [0.717, 1.165) is 0 Å². The normalized spacial score (nSPS) is 7.30. The van der Waals surface area contributed by atoms with Gasteiger partial charge in [-0.2, -0.15) is 6.07 Å². The van der Waals surface area contributed by atoms with E-state index in [0.29, 0.717) is 5.69 Å². The maximum Gasteiger partial charge on any atom is 2.00 e. The number of hydrogen-bond donors (Lipinski definition) is 0. The summed E-state index contributed by atoms with van der Waals surface area (Å²) in [7, 11) is 1.81. The molecule has 0 fully saturated rings. The zero-order valence-electron chi connectivity index (χ0n) is 6.09. The smallest absolute Gasteiger partial charge is 0.417 e. The van der Waals surface area contributed by atoms with Crippen LogP contribution in [0.4, 0.5) is 0 Å². The summed E-state index contributed by atoms with van der Waals surface area (Å²) in [4.78, 5) is 9.94. The largest absolute Gasteiger partial charge is 2.00 e. The van der Waals surface area contributed by atoms with E-state index in [1.54, 1.807) is 36.2 Å². The molecule has 1 aromatic heterocycles. The first-order valence-electron chi connectivity index (χ1n) is 2.34. The van der Waals surface area contributed by atoms with E-state index in [-0.39, 0.29) is 38.5 Å². The Morgan fingerprint density at radius 3 is 2.40 bits per heavy atom. The molecule has 2 nitrogen and oxygen atoms in total. The molecule has 0 atom stereocenters. The Balaban J connectivity index is 0. The first kappa shape index (κ1) is 12.7. The molecule has 3 heteroatoms. The molecule has 0 N–H and O–H groups in total. The van der Waals surface area contributed by atoms with Crippen molar-refractivity contribution < 1.29 is 35.9 Å². The maximum atomic E-state index is 9.94. The van der Waals surface area contributed by atoms with Crippen LogP contribution in [0, 0.1) is 38.5 Å². The van der Waals surface area contributed by atoms with Crippen LogP contribution in [0.3, 0.4) is 0 Å². The zero-order valence-corrected chi connectivity index (χ0v) is 10.3. The topological polar surface area (TPSA) is 22.0 Å². The van der Waals surface area contributed by atoms with E-state index in [1.807, 2.05) is 0 Å². The Kier molecular flexibility index (Phi) is 7.29. The average Bonchev–Trinajstić information content (AvgIpc) is 2.14. The summed E-state index contributed by atoms with van der Waals surface area (Å²) >= 11 is 0. The molecule has 0 aromatic carbocycles. The summed E-state index contributed by atoms with van der Waals surface area (Å²) in [5, 5.41) is 0. The Hall–Kier alpha value is 0.00195. The Morgan fingerprint density at radius 2 is 2.20 bits per heavy atom. The molecule has 0 unspecified atom stereocenters. The molecule has 0 bridgehead atoms. The van der Waals surface area contributed by atoms with Crippen LogP contribution in [-0.2, 0) is 11.8 Å². The molecule has 0 saturated heterocycles. The molecular formula is C7H9NOU. The Morgan fingerprint density at radius 1 is 1.60 bits per heavy atom. The first-order chi connectivity index (χ1) is 3.84. The van der Waals surface area contributed by atoms with Gasteiger partial charge in [0, 0.05) is 13.3 Å². The number of rotatable bonds is 1. The number of hydrogen-bond acceptors (Lipinski definition) is 1. The van der Waals surface area contributed by atoms with Crippen molar-refractivity contribution in [2.75, 3.05) is 0 Å². The second-order valence-electron chi connectivity index (χ2n) is 1.61. The van der Waals surface area contributed by atoms with Gasteiger partial charge in [-0.3, -0.25) is 0 Å². The molecule has 0 aliphatic rings. The first-order valence-corrected chi connectivity index (χ1v) is 2.34. The third kappa shape index (κ3) is 2.72. The summed E-state index contributed by atoms with van der Waals surface area (Å²) in [6.07, 6.45) is 3.59. The molecule has 0 spiro atoms. The molecule has 52 valence electrons.